The SMILES string of the molecule is Cc1nc(Sc2nc(C)c3ccccc3n2)[nH]c(=O)c1C. The van der Waals surface area contributed by atoms with E-state index in [0.717, 1.165) is 22.3 Å². The molecule has 5 nitrogen and oxygen atoms in total. The molecule has 0 unspecified atom stereocenters. The molecule has 106 valence electrons. The number of aryl methyl sites for hydroxylation is 2. The van der Waals surface area contributed by atoms with Gasteiger partial charge in [0.1, 0.15) is 0 Å². The maximum absolute atomic E-state index is 11.8. The van der Waals surface area contributed by atoms with Gasteiger partial charge in [-0.1, -0.05) is 18.2 Å². The summed E-state index contributed by atoms with van der Waals surface area (Å²) in [6, 6.07) is 7.85. The molecule has 0 spiro atoms. The summed E-state index contributed by atoms with van der Waals surface area (Å²) in [6.45, 7) is 5.53. The van der Waals surface area contributed by atoms with E-state index in [1.54, 1.807) is 6.92 Å². The monoisotopic (exact) mass is 298 g/mol. The Labute approximate surface area is 125 Å². The highest BCUT2D eigenvalue weighted by Crippen LogP contribution is 2.24. The van der Waals surface area contributed by atoms with Gasteiger partial charge in [0, 0.05) is 22.3 Å². The van der Waals surface area contributed by atoms with Gasteiger partial charge in [0.2, 0.25) is 0 Å². The van der Waals surface area contributed by atoms with Crippen LogP contribution in [0, 0.1) is 20.8 Å². The fourth-order valence-corrected chi connectivity index (χ4v) is 2.83. The molecule has 2 aromatic heterocycles. The molecule has 1 aromatic carbocycles. The van der Waals surface area contributed by atoms with Gasteiger partial charge in [0.15, 0.2) is 10.3 Å². The minimum Gasteiger partial charge on any atom is -0.301 e. The summed E-state index contributed by atoms with van der Waals surface area (Å²) < 4.78 is 0. The summed E-state index contributed by atoms with van der Waals surface area (Å²) in [6.07, 6.45) is 0. The molecule has 1 N–H and O–H groups in total. The zero-order valence-corrected chi connectivity index (χ0v) is 12.8. The van der Waals surface area contributed by atoms with Crippen LogP contribution in [0.1, 0.15) is 17.0 Å². The van der Waals surface area contributed by atoms with Gasteiger partial charge in [0.05, 0.1) is 5.52 Å². The lowest BCUT2D eigenvalue weighted by Gasteiger charge is -2.05. The minimum atomic E-state index is -0.123. The first kappa shape index (κ1) is 13.8. The first-order valence-corrected chi connectivity index (χ1v) is 7.35. The van der Waals surface area contributed by atoms with Gasteiger partial charge in [-0.2, -0.15) is 0 Å². The highest BCUT2D eigenvalue weighted by molar-refractivity contribution is 7.99. The van der Waals surface area contributed by atoms with Gasteiger partial charge in [0.25, 0.3) is 5.56 Å². The Kier molecular flexibility index (Phi) is 3.47. The van der Waals surface area contributed by atoms with Crippen LogP contribution in [-0.4, -0.2) is 19.9 Å². The highest BCUT2D eigenvalue weighted by atomic mass is 32.2. The van der Waals surface area contributed by atoms with Gasteiger partial charge < -0.3 is 4.98 Å². The first-order chi connectivity index (χ1) is 10.0. The van der Waals surface area contributed by atoms with Crippen molar-refractivity contribution in [3.05, 3.63) is 51.6 Å². The second-order valence-electron chi connectivity index (χ2n) is 4.79. The zero-order chi connectivity index (χ0) is 15.0. The number of hydrogen-bond donors (Lipinski definition) is 1. The first-order valence-electron chi connectivity index (χ1n) is 6.53. The number of rotatable bonds is 2. The van der Waals surface area contributed by atoms with E-state index in [4.69, 9.17) is 0 Å². The molecule has 0 amide bonds. The second-order valence-corrected chi connectivity index (χ2v) is 5.75. The van der Waals surface area contributed by atoms with Crippen molar-refractivity contribution in [3.63, 3.8) is 0 Å². The number of aromatic nitrogens is 4. The lowest BCUT2D eigenvalue weighted by Crippen LogP contribution is -2.14. The number of nitrogens with one attached hydrogen (secondary N) is 1. The Morgan fingerprint density at radius 1 is 1.00 bits per heavy atom. The van der Waals surface area contributed by atoms with Crippen molar-refractivity contribution in [3.8, 4) is 0 Å². The molecule has 0 aliphatic carbocycles. The van der Waals surface area contributed by atoms with Gasteiger partial charge >= 0.3 is 0 Å². The van der Waals surface area contributed by atoms with Gasteiger partial charge in [-0.3, -0.25) is 4.79 Å². The molecule has 0 bridgehead atoms. The quantitative estimate of drug-likeness (QED) is 0.737. The number of nitrogens with zero attached hydrogens (tertiary/aromatic N) is 3. The third kappa shape index (κ3) is 2.67. The minimum absolute atomic E-state index is 0.123. The second kappa shape index (κ2) is 5.29. The van der Waals surface area contributed by atoms with Crippen LogP contribution in [0.2, 0.25) is 0 Å². The van der Waals surface area contributed by atoms with Crippen molar-refractivity contribution in [1.82, 2.24) is 19.9 Å². The fourth-order valence-electron chi connectivity index (χ4n) is 2.01. The number of para-hydroxylation sites is 1. The van der Waals surface area contributed by atoms with Crippen molar-refractivity contribution in [1.29, 1.82) is 0 Å². The third-order valence-electron chi connectivity index (χ3n) is 3.33. The lowest BCUT2D eigenvalue weighted by atomic mass is 10.2. The molecule has 2 heterocycles. The van der Waals surface area contributed by atoms with Gasteiger partial charge in [-0.25, -0.2) is 15.0 Å². The Balaban J connectivity index is 2.04. The molecule has 0 atom stereocenters. The van der Waals surface area contributed by atoms with E-state index in [1.165, 1.54) is 11.8 Å². The normalized spacial score (nSPS) is 11.0. The molecule has 0 fully saturated rings. The van der Waals surface area contributed by atoms with Gasteiger partial charge in [-0.05, 0) is 38.6 Å². The molecule has 0 saturated heterocycles. The van der Waals surface area contributed by atoms with E-state index >= 15 is 0 Å². The molecule has 0 radical (unpaired) electrons. The highest BCUT2D eigenvalue weighted by Gasteiger charge is 2.09. The Morgan fingerprint density at radius 2 is 1.76 bits per heavy atom. The molecule has 3 rings (SSSR count). The molecule has 0 saturated carbocycles. The maximum atomic E-state index is 11.8. The van der Waals surface area contributed by atoms with Crippen LogP contribution in [0.15, 0.2) is 39.4 Å². The standard InChI is InChI=1S/C15H14N4OS/c1-8-9(2)16-15(19-13(8)20)21-14-17-10(3)11-6-4-5-7-12(11)18-14/h4-7H,1-3H3,(H,16,19,20). The molecule has 6 heteroatoms. The molecular formula is C15H14N4OS. The van der Waals surface area contributed by atoms with Crippen LogP contribution in [0.4, 0.5) is 0 Å². The van der Waals surface area contributed by atoms with Gasteiger partial charge in [-0.15, -0.1) is 0 Å². The van der Waals surface area contributed by atoms with E-state index in [0.29, 0.717) is 15.9 Å². The number of aromatic amines is 1. The van der Waals surface area contributed by atoms with Crippen LogP contribution in [0.3, 0.4) is 0 Å². The van der Waals surface area contributed by atoms with E-state index in [9.17, 15) is 4.79 Å². The molecule has 3 aromatic rings. The molecule has 21 heavy (non-hydrogen) atoms. The zero-order valence-electron chi connectivity index (χ0n) is 12.0. The molecule has 0 aliphatic rings. The number of hydrogen-bond acceptors (Lipinski definition) is 5. The average molecular weight is 298 g/mol. The predicted octanol–water partition coefficient (Wildman–Crippen LogP) is 2.79. The van der Waals surface area contributed by atoms with Crippen LogP contribution < -0.4 is 5.56 Å². The molecular weight excluding hydrogens is 284 g/mol. The summed E-state index contributed by atoms with van der Waals surface area (Å²) >= 11 is 1.26. The summed E-state index contributed by atoms with van der Waals surface area (Å²) in [5, 5.41) is 2.12. The summed E-state index contributed by atoms with van der Waals surface area (Å²) in [7, 11) is 0. The van der Waals surface area contributed by atoms with Crippen LogP contribution in [0.25, 0.3) is 10.9 Å². The fraction of sp³-hybridized carbons (Fsp3) is 0.200. The van der Waals surface area contributed by atoms with Crippen molar-refractivity contribution in [2.45, 2.75) is 31.1 Å². The number of H-pyrrole nitrogens is 1. The lowest BCUT2D eigenvalue weighted by molar-refractivity contribution is 0.872. The average Bonchev–Trinajstić information content (AvgIpc) is 2.45. The van der Waals surface area contributed by atoms with Crippen molar-refractivity contribution >= 4 is 22.7 Å². The van der Waals surface area contributed by atoms with Crippen molar-refractivity contribution < 1.29 is 0 Å². The summed E-state index contributed by atoms with van der Waals surface area (Å²) in [5.41, 5.74) is 3.03. The van der Waals surface area contributed by atoms with E-state index in [-0.39, 0.29) is 5.56 Å². The topological polar surface area (TPSA) is 71.5 Å². The van der Waals surface area contributed by atoms with Crippen LogP contribution in [0.5, 0.6) is 0 Å². The summed E-state index contributed by atoms with van der Waals surface area (Å²) in [5.74, 6) is 0. The van der Waals surface area contributed by atoms with E-state index < -0.39 is 0 Å². The Hall–Kier alpha value is -2.21. The third-order valence-corrected chi connectivity index (χ3v) is 4.09. The molecule has 0 aliphatic heterocycles. The number of benzene rings is 1. The largest absolute Gasteiger partial charge is 0.301 e. The Morgan fingerprint density at radius 3 is 2.52 bits per heavy atom. The number of fused-ring (bicyclic) bond motifs is 1. The van der Waals surface area contributed by atoms with Crippen molar-refractivity contribution in [2.24, 2.45) is 0 Å². The Bertz CT molecular complexity index is 888. The van der Waals surface area contributed by atoms with Crippen LogP contribution >= 0.6 is 11.8 Å². The van der Waals surface area contributed by atoms with E-state index in [1.807, 2.05) is 38.1 Å². The van der Waals surface area contributed by atoms with E-state index in [2.05, 4.69) is 19.9 Å². The predicted molar refractivity (Wildman–Crippen MR) is 82.7 cm³/mol. The smallest absolute Gasteiger partial charge is 0.254 e. The maximum Gasteiger partial charge on any atom is 0.254 e. The van der Waals surface area contributed by atoms with Crippen LogP contribution in [-0.2, 0) is 0 Å². The summed E-state index contributed by atoms with van der Waals surface area (Å²) in [4.78, 5) is 27.9. The van der Waals surface area contributed by atoms with Crippen molar-refractivity contribution in [2.75, 3.05) is 0 Å².